The Balaban J connectivity index is 3.25. The van der Waals surface area contributed by atoms with Crippen LogP contribution in [0.25, 0.3) is 0 Å². The van der Waals surface area contributed by atoms with Crippen LogP contribution in [0.5, 0.6) is 5.75 Å². The maximum Gasteiger partial charge on any atom is 0.387 e. The fourth-order valence-electron chi connectivity index (χ4n) is 0.999. The maximum absolute atomic E-state index is 13.0. The van der Waals surface area contributed by atoms with Gasteiger partial charge in [0.15, 0.2) is 11.6 Å². The molecular formula is C9H6F3NO. The zero-order valence-electron chi connectivity index (χ0n) is 7.22. The lowest BCUT2D eigenvalue weighted by Crippen LogP contribution is -2.06. The molecule has 0 aromatic heterocycles. The second-order valence-corrected chi connectivity index (χ2v) is 2.56. The molecule has 0 amide bonds. The Hall–Kier alpha value is -1.70. The van der Waals surface area contributed by atoms with Crippen molar-refractivity contribution in [2.75, 3.05) is 0 Å². The van der Waals surface area contributed by atoms with Gasteiger partial charge in [0.1, 0.15) is 11.6 Å². The third-order valence-corrected chi connectivity index (χ3v) is 1.64. The van der Waals surface area contributed by atoms with Crippen LogP contribution in [0.4, 0.5) is 13.2 Å². The van der Waals surface area contributed by atoms with Gasteiger partial charge in [0.05, 0.1) is 0 Å². The molecule has 74 valence electrons. The highest BCUT2D eigenvalue weighted by molar-refractivity contribution is 5.49. The monoisotopic (exact) mass is 201 g/mol. The van der Waals surface area contributed by atoms with E-state index in [0.717, 1.165) is 6.07 Å². The first-order valence-corrected chi connectivity index (χ1v) is 3.70. The van der Waals surface area contributed by atoms with Gasteiger partial charge in [-0.1, -0.05) is 6.07 Å². The average Bonchev–Trinajstić information content (AvgIpc) is 2.11. The van der Waals surface area contributed by atoms with Gasteiger partial charge in [-0.05, 0) is 18.6 Å². The number of halogens is 3. The number of benzene rings is 1. The smallest absolute Gasteiger partial charge is 0.387 e. The SMILES string of the molecule is Cc1ccc(F)c(OC(F)F)c1C#N. The summed E-state index contributed by atoms with van der Waals surface area (Å²) in [5, 5.41) is 8.60. The van der Waals surface area contributed by atoms with Crippen molar-refractivity contribution in [2.24, 2.45) is 0 Å². The Bertz CT molecular complexity index is 384. The quantitative estimate of drug-likeness (QED) is 0.736. The Morgan fingerprint density at radius 3 is 2.57 bits per heavy atom. The van der Waals surface area contributed by atoms with E-state index in [1.54, 1.807) is 6.07 Å². The second-order valence-electron chi connectivity index (χ2n) is 2.56. The van der Waals surface area contributed by atoms with Crippen molar-refractivity contribution in [3.05, 3.63) is 29.1 Å². The molecule has 0 fully saturated rings. The number of hydrogen-bond acceptors (Lipinski definition) is 2. The van der Waals surface area contributed by atoms with Crippen LogP contribution in [0.1, 0.15) is 11.1 Å². The van der Waals surface area contributed by atoms with Crippen molar-refractivity contribution in [1.82, 2.24) is 0 Å². The normalized spacial score (nSPS) is 10.0. The Morgan fingerprint density at radius 1 is 1.43 bits per heavy atom. The van der Waals surface area contributed by atoms with Crippen molar-refractivity contribution in [3.63, 3.8) is 0 Å². The molecule has 0 saturated carbocycles. The molecule has 0 spiro atoms. The van der Waals surface area contributed by atoms with Crippen molar-refractivity contribution in [1.29, 1.82) is 5.26 Å². The van der Waals surface area contributed by atoms with Crippen molar-refractivity contribution < 1.29 is 17.9 Å². The topological polar surface area (TPSA) is 33.0 Å². The highest BCUT2D eigenvalue weighted by atomic mass is 19.3. The molecule has 0 radical (unpaired) electrons. The third kappa shape index (κ3) is 1.96. The van der Waals surface area contributed by atoms with E-state index >= 15 is 0 Å². The maximum atomic E-state index is 13.0. The molecule has 0 aliphatic rings. The first-order valence-electron chi connectivity index (χ1n) is 3.70. The van der Waals surface area contributed by atoms with E-state index in [1.807, 2.05) is 0 Å². The van der Waals surface area contributed by atoms with Gasteiger partial charge in [0.25, 0.3) is 0 Å². The second kappa shape index (κ2) is 4.01. The summed E-state index contributed by atoms with van der Waals surface area (Å²) in [6.07, 6.45) is 0. The molecule has 0 unspecified atom stereocenters. The van der Waals surface area contributed by atoms with E-state index in [2.05, 4.69) is 4.74 Å². The van der Waals surface area contributed by atoms with E-state index in [9.17, 15) is 13.2 Å². The standard InChI is InChI=1S/C9H6F3NO/c1-5-2-3-7(10)8(6(5)4-13)14-9(11)12/h2-3,9H,1H3. The van der Waals surface area contributed by atoms with Crippen LogP contribution >= 0.6 is 0 Å². The molecule has 1 aromatic rings. The molecule has 2 nitrogen and oxygen atoms in total. The molecule has 0 aliphatic heterocycles. The van der Waals surface area contributed by atoms with Gasteiger partial charge < -0.3 is 4.74 Å². The van der Waals surface area contributed by atoms with Crippen LogP contribution in [0.15, 0.2) is 12.1 Å². The lowest BCUT2D eigenvalue weighted by Gasteiger charge is -2.08. The Labute approximate surface area is 78.5 Å². The van der Waals surface area contributed by atoms with E-state index in [0.29, 0.717) is 5.56 Å². The van der Waals surface area contributed by atoms with Gasteiger partial charge in [-0.3, -0.25) is 0 Å². The van der Waals surface area contributed by atoms with Gasteiger partial charge in [-0.2, -0.15) is 14.0 Å². The van der Waals surface area contributed by atoms with Gasteiger partial charge >= 0.3 is 6.61 Å². The number of alkyl halides is 2. The van der Waals surface area contributed by atoms with E-state index in [4.69, 9.17) is 5.26 Å². The van der Waals surface area contributed by atoms with Gasteiger partial charge in [0, 0.05) is 0 Å². The minimum absolute atomic E-state index is 0.203. The minimum Gasteiger partial charge on any atom is -0.430 e. The molecule has 0 bridgehead atoms. The predicted octanol–water partition coefficient (Wildman–Crippen LogP) is 2.61. The molecule has 1 aromatic carbocycles. The van der Waals surface area contributed by atoms with Crippen LogP contribution in [-0.4, -0.2) is 6.61 Å². The molecular weight excluding hydrogens is 195 g/mol. The highest BCUT2D eigenvalue weighted by Crippen LogP contribution is 2.26. The molecule has 0 heterocycles. The summed E-state index contributed by atoms with van der Waals surface area (Å²) in [5.41, 5.74) is 0.190. The molecule has 14 heavy (non-hydrogen) atoms. The molecule has 0 atom stereocenters. The molecule has 0 aliphatic carbocycles. The largest absolute Gasteiger partial charge is 0.430 e. The molecule has 0 N–H and O–H groups in total. The van der Waals surface area contributed by atoms with Gasteiger partial charge in [-0.15, -0.1) is 0 Å². The minimum atomic E-state index is -3.14. The number of hydrogen-bond donors (Lipinski definition) is 0. The molecule has 1 rings (SSSR count). The van der Waals surface area contributed by atoms with Crippen molar-refractivity contribution in [2.45, 2.75) is 13.5 Å². The summed E-state index contributed by atoms with van der Waals surface area (Å²) in [4.78, 5) is 0. The number of aryl methyl sites for hydroxylation is 1. The third-order valence-electron chi connectivity index (χ3n) is 1.64. The zero-order valence-corrected chi connectivity index (χ0v) is 7.22. The number of ether oxygens (including phenoxy) is 1. The highest BCUT2D eigenvalue weighted by Gasteiger charge is 2.16. The van der Waals surface area contributed by atoms with Crippen molar-refractivity contribution >= 4 is 0 Å². The summed E-state index contributed by atoms with van der Waals surface area (Å²) < 4.78 is 40.6. The fourth-order valence-corrected chi connectivity index (χ4v) is 0.999. The van der Waals surface area contributed by atoms with E-state index < -0.39 is 18.2 Å². The number of rotatable bonds is 2. The Morgan fingerprint density at radius 2 is 2.07 bits per heavy atom. The first kappa shape index (κ1) is 10.4. The number of nitriles is 1. The molecule has 0 saturated heterocycles. The van der Waals surface area contributed by atoms with E-state index in [-0.39, 0.29) is 5.56 Å². The summed E-state index contributed by atoms with van der Waals surface area (Å²) in [5.74, 6) is -1.66. The fraction of sp³-hybridized carbons (Fsp3) is 0.222. The average molecular weight is 201 g/mol. The lowest BCUT2D eigenvalue weighted by atomic mass is 10.1. The van der Waals surface area contributed by atoms with Crippen LogP contribution in [0, 0.1) is 24.1 Å². The Kier molecular flexibility index (Phi) is 2.97. The summed E-state index contributed by atoms with van der Waals surface area (Å²) in [6, 6.07) is 3.92. The number of nitrogens with zero attached hydrogens (tertiary/aromatic N) is 1. The van der Waals surface area contributed by atoms with Crippen LogP contribution in [0.3, 0.4) is 0 Å². The van der Waals surface area contributed by atoms with E-state index in [1.165, 1.54) is 13.0 Å². The predicted molar refractivity (Wildman–Crippen MR) is 42.5 cm³/mol. The van der Waals surface area contributed by atoms with Crippen LogP contribution in [-0.2, 0) is 0 Å². The summed E-state index contributed by atoms with van der Waals surface area (Å²) >= 11 is 0. The van der Waals surface area contributed by atoms with Gasteiger partial charge in [-0.25, -0.2) is 4.39 Å². The summed E-state index contributed by atoms with van der Waals surface area (Å²) in [7, 11) is 0. The van der Waals surface area contributed by atoms with Crippen molar-refractivity contribution in [3.8, 4) is 11.8 Å². The first-order chi connectivity index (χ1) is 6.56. The van der Waals surface area contributed by atoms with Gasteiger partial charge in [0.2, 0.25) is 0 Å². The lowest BCUT2D eigenvalue weighted by molar-refractivity contribution is -0.0524. The summed E-state index contributed by atoms with van der Waals surface area (Å²) in [6.45, 7) is -1.63. The zero-order chi connectivity index (χ0) is 10.7. The van der Waals surface area contributed by atoms with Crippen LogP contribution in [0.2, 0.25) is 0 Å². The molecule has 5 heteroatoms. The van der Waals surface area contributed by atoms with Crippen LogP contribution < -0.4 is 4.74 Å².